The summed E-state index contributed by atoms with van der Waals surface area (Å²) in [6.07, 6.45) is 2.53. The fourth-order valence-corrected chi connectivity index (χ4v) is 3.22. The second-order valence-corrected chi connectivity index (χ2v) is 6.02. The van der Waals surface area contributed by atoms with Gasteiger partial charge in [-0.25, -0.2) is 4.98 Å². The molecule has 1 aromatic rings. The summed E-state index contributed by atoms with van der Waals surface area (Å²) in [7, 11) is 0. The van der Waals surface area contributed by atoms with Gasteiger partial charge in [-0.15, -0.1) is 11.3 Å². The van der Waals surface area contributed by atoms with E-state index < -0.39 is 0 Å². The molecule has 0 aliphatic carbocycles. The summed E-state index contributed by atoms with van der Waals surface area (Å²) < 4.78 is 0. The third-order valence-corrected chi connectivity index (χ3v) is 4.36. The zero-order valence-corrected chi connectivity index (χ0v) is 11.9. The van der Waals surface area contributed by atoms with Crippen LogP contribution in [0.2, 0.25) is 0 Å². The lowest BCUT2D eigenvalue weighted by molar-refractivity contribution is 0.128. The summed E-state index contributed by atoms with van der Waals surface area (Å²) in [5.41, 5.74) is 1.24. The van der Waals surface area contributed by atoms with E-state index in [-0.39, 0.29) is 0 Å². The van der Waals surface area contributed by atoms with Crippen molar-refractivity contribution < 1.29 is 0 Å². The number of piperidine rings is 1. The summed E-state index contributed by atoms with van der Waals surface area (Å²) in [4.78, 5) is 7.11. The van der Waals surface area contributed by atoms with E-state index in [0.717, 1.165) is 13.1 Å². The normalized spacial score (nSPS) is 26.3. The van der Waals surface area contributed by atoms with E-state index in [1.165, 1.54) is 30.1 Å². The van der Waals surface area contributed by atoms with E-state index in [1.807, 2.05) is 0 Å². The molecule has 4 heteroatoms. The molecule has 1 N–H and O–H groups in total. The highest BCUT2D eigenvalue weighted by Crippen LogP contribution is 2.20. The third-order valence-electron chi connectivity index (χ3n) is 3.54. The molecule has 2 unspecified atom stereocenters. The first-order valence-electron chi connectivity index (χ1n) is 6.57. The van der Waals surface area contributed by atoms with Gasteiger partial charge in [-0.3, -0.25) is 4.90 Å². The number of aryl methyl sites for hydroxylation is 1. The molecular formula is C13H23N3S. The fraction of sp³-hybridized carbons (Fsp3) is 0.769. The molecule has 0 spiro atoms. The van der Waals surface area contributed by atoms with Crippen LogP contribution in [0.4, 0.5) is 0 Å². The third kappa shape index (κ3) is 3.50. The largest absolute Gasteiger partial charge is 0.314 e. The van der Waals surface area contributed by atoms with Crippen LogP contribution in [-0.2, 0) is 6.54 Å². The molecule has 2 atom stereocenters. The predicted octanol–water partition coefficient (Wildman–Crippen LogP) is 2.41. The van der Waals surface area contributed by atoms with Crippen LogP contribution >= 0.6 is 11.3 Å². The van der Waals surface area contributed by atoms with Crippen LogP contribution in [0.1, 0.15) is 37.4 Å². The Bertz CT molecular complexity index is 350. The minimum Gasteiger partial charge on any atom is -0.314 e. The number of likely N-dealkylation sites (tertiary alicyclic amines) is 1. The van der Waals surface area contributed by atoms with E-state index >= 15 is 0 Å². The van der Waals surface area contributed by atoms with E-state index in [0.29, 0.717) is 12.1 Å². The van der Waals surface area contributed by atoms with Crippen LogP contribution in [0, 0.1) is 6.92 Å². The molecule has 1 aliphatic rings. The van der Waals surface area contributed by atoms with Crippen molar-refractivity contribution in [3.63, 3.8) is 0 Å². The molecule has 2 rings (SSSR count). The molecule has 1 saturated heterocycles. The average molecular weight is 253 g/mol. The van der Waals surface area contributed by atoms with Crippen molar-refractivity contribution in [2.75, 3.05) is 13.1 Å². The molecule has 0 amide bonds. The van der Waals surface area contributed by atoms with Crippen LogP contribution in [-0.4, -0.2) is 35.1 Å². The molecule has 3 nitrogen and oxygen atoms in total. The first kappa shape index (κ1) is 13.0. The molecule has 2 heterocycles. The Morgan fingerprint density at radius 3 is 3.00 bits per heavy atom. The Hall–Kier alpha value is -0.450. The lowest BCUT2D eigenvalue weighted by Crippen LogP contribution is -2.46. The first-order chi connectivity index (χ1) is 8.19. The first-order valence-corrected chi connectivity index (χ1v) is 7.45. The Kier molecular flexibility index (Phi) is 4.54. The number of nitrogens with zero attached hydrogens (tertiary/aromatic N) is 2. The molecule has 0 radical (unpaired) electrons. The van der Waals surface area contributed by atoms with E-state index in [1.54, 1.807) is 11.3 Å². The van der Waals surface area contributed by atoms with Crippen molar-refractivity contribution in [2.24, 2.45) is 0 Å². The van der Waals surface area contributed by atoms with Gasteiger partial charge in [-0.1, -0.05) is 6.92 Å². The van der Waals surface area contributed by atoms with Gasteiger partial charge in [0.15, 0.2) is 0 Å². The Morgan fingerprint density at radius 1 is 1.59 bits per heavy atom. The van der Waals surface area contributed by atoms with Crippen molar-refractivity contribution in [1.82, 2.24) is 15.2 Å². The van der Waals surface area contributed by atoms with Gasteiger partial charge in [0.1, 0.15) is 0 Å². The molecule has 1 fully saturated rings. The Labute approximate surface area is 108 Å². The standard InChI is InChI=1S/C13H23N3S/c1-4-14-12-5-6-16(10(2)7-12)8-13-9-17-11(3)15-13/h9-10,12,14H,4-8H2,1-3H3. The van der Waals surface area contributed by atoms with Crippen molar-refractivity contribution in [1.29, 1.82) is 0 Å². The molecule has 1 aliphatic heterocycles. The summed E-state index contributed by atoms with van der Waals surface area (Å²) in [6.45, 7) is 9.90. The molecule has 17 heavy (non-hydrogen) atoms. The zero-order valence-electron chi connectivity index (χ0n) is 11.1. The number of nitrogens with one attached hydrogen (secondary N) is 1. The minimum atomic E-state index is 0.662. The summed E-state index contributed by atoms with van der Waals surface area (Å²) in [5, 5.41) is 6.93. The van der Waals surface area contributed by atoms with Crippen molar-refractivity contribution >= 4 is 11.3 Å². The van der Waals surface area contributed by atoms with Gasteiger partial charge in [-0.05, 0) is 33.2 Å². The Morgan fingerprint density at radius 2 is 2.41 bits per heavy atom. The molecule has 0 aromatic carbocycles. The number of rotatable bonds is 4. The lowest BCUT2D eigenvalue weighted by Gasteiger charge is -2.37. The van der Waals surface area contributed by atoms with Crippen molar-refractivity contribution in [3.05, 3.63) is 16.1 Å². The fourth-order valence-electron chi connectivity index (χ4n) is 2.62. The smallest absolute Gasteiger partial charge is 0.0897 e. The number of hydrogen-bond donors (Lipinski definition) is 1. The van der Waals surface area contributed by atoms with E-state index in [4.69, 9.17) is 0 Å². The van der Waals surface area contributed by atoms with Crippen LogP contribution in [0.5, 0.6) is 0 Å². The van der Waals surface area contributed by atoms with Gasteiger partial charge in [0.25, 0.3) is 0 Å². The summed E-state index contributed by atoms with van der Waals surface area (Å²) in [5.74, 6) is 0. The lowest BCUT2D eigenvalue weighted by atomic mass is 9.98. The SMILES string of the molecule is CCNC1CCN(Cc2csc(C)n2)C(C)C1. The number of aromatic nitrogens is 1. The van der Waals surface area contributed by atoms with Crippen LogP contribution in [0.25, 0.3) is 0 Å². The van der Waals surface area contributed by atoms with Gasteiger partial charge in [0.2, 0.25) is 0 Å². The van der Waals surface area contributed by atoms with Crippen LogP contribution in [0.15, 0.2) is 5.38 Å². The minimum absolute atomic E-state index is 0.662. The van der Waals surface area contributed by atoms with Crippen LogP contribution < -0.4 is 5.32 Å². The second-order valence-electron chi connectivity index (χ2n) is 4.96. The molecular weight excluding hydrogens is 230 g/mol. The maximum atomic E-state index is 4.56. The number of hydrogen-bond acceptors (Lipinski definition) is 4. The van der Waals surface area contributed by atoms with Crippen molar-refractivity contribution in [3.8, 4) is 0 Å². The Balaban J connectivity index is 1.87. The maximum absolute atomic E-state index is 4.56. The molecule has 0 bridgehead atoms. The van der Waals surface area contributed by atoms with Gasteiger partial charge in [-0.2, -0.15) is 0 Å². The monoisotopic (exact) mass is 253 g/mol. The zero-order chi connectivity index (χ0) is 12.3. The molecule has 1 aromatic heterocycles. The van der Waals surface area contributed by atoms with Gasteiger partial charge in [0, 0.05) is 30.6 Å². The summed E-state index contributed by atoms with van der Waals surface area (Å²) in [6, 6.07) is 1.37. The highest BCUT2D eigenvalue weighted by molar-refractivity contribution is 7.09. The molecule has 0 saturated carbocycles. The van der Waals surface area contributed by atoms with E-state index in [2.05, 4.69) is 41.4 Å². The highest BCUT2D eigenvalue weighted by Gasteiger charge is 2.25. The second kappa shape index (κ2) is 5.94. The van der Waals surface area contributed by atoms with Gasteiger partial charge < -0.3 is 5.32 Å². The quantitative estimate of drug-likeness (QED) is 0.893. The predicted molar refractivity (Wildman–Crippen MR) is 73.4 cm³/mol. The van der Waals surface area contributed by atoms with Gasteiger partial charge in [0.05, 0.1) is 10.7 Å². The average Bonchev–Trinajstić information content (AvgIpc) is 2.69. The van der Waals surface area contributed by atoms with Gasteiger partial charge >= 0.3 is 0 Å². The molecule has 96 valence electrons. The number of thiazole rings is 1. The van der Waals surface area contributed by atoms with Crippen LogP contribution in [0.3, 0.4) is 0 Å². The topological polar surface area (TPSA) is 28.2 Å². The van der Waals surface area contributed by atoms with E-state index in [9.17, 15) is 0 Å². The maximum Gasteiger partial charge on any atom is 0.0897 e. The van der Waals surface area contributed by atoms with Crippen molar-refractivity contribution in [2.45, 2.75) is 52.2 Å². The summed E-state index contributed by atoms with van der Waals surface area (Å²) >= 11 is 1.75. The highest BCUT2D eigenvalue weighted by atomic mass is 32.1.